The van der Waals surface area contributed by atoms with Crippen LogP contribution >= 0.6 is 0 Å². The molecule has 0 saturated carbocycles. The van der Waals surface area contributed by atoms with Crippen LogP contribution in [-0.2, 0) is 0 Å². The van der Waals surface area contributed by atoms with Gasteiger partial charge in [0, 0.05) is 11.1 Å². The van der Waals surface area contributed by atoms with Gasteiger partial charge < -0.3 is 0 Å². The predicted octanol–water partition coefficient (Wildman–Crippen LogP) is 3.52. The lowest BCUT2D eigenvalue weighted by Crippen LogP contribution is -1.94. The lowest BCUT2D eigenvalue weighted by molar-refractivity contribution is 0.101. The molecule has 1 nitrogen and oxygen atoms in total. The summed E-state index contributed by atoms with van der Waals surface area (Å²) < 4.78 is 0. The van der Waals surface area contributed by atoms with Crippen molar-refractivity contribution >= 4 is 5.78 Å². The van der Waals surface area contributed by atoms with E-state index in [1.807, 2.05) is 45.0 Å². The molecular weight excluding hydrogens is 196 g/mol. The van der Waals surface area contributed by atoms with Crippen molar-refractivity contribution in [3.63, 3.8) is 0 Å². The molecule has 1 aromatic carbocycles. The van der Waals surface area contributed by atoms with Crippen LogP contribution in [0.25, 0.3) is 0 Å². The first-order valence-corrected chi connectivity index (χ1v) is 5.31. The van der Waals surface area contributed by atoms with Crippen molar-refractivity contribution in [2.75, 3.05) is 0 Å². The first-order chi connectivity index (χ1) is 7.54. The highest BCUT2D eigenvalue weighted by atomic mass is 16.1. The number of Topliss-reactive ketones (excluding diaryl/α,β-unsaturated/α-hetero) is 1. The largest absolute Gasteiger partial charge is 0.295 e. The van der Waals surface area contributed by atoms with Crippen molar-refractivity contribution in [3.8, 4) is 11.8 Å². The SMILES string of the molecule is C/C=C(\C)C#Cc1cc(C(C)=O)ccc1C. The Morgan fingerprint density at radius 3 is 2.56 bits per heavy atom. The highest BCUT2D eigenvalue weighted by Gasteiger charge is 2.01. The molecule has 0 aliphatic rings. The second-order valence-corrected chi connectivity index (χ2v) is 3.81. The van der Waals surface area contributed by atoms with E-state index in [-0.39, 0.29) is 5.78 Å². The molecule has 0 aromatic heterocycles. The summed E-state index contributed by atoms with van der Waals surface area (Å²) in [6.07, 6.45) is 1.97. The Hall–Kier alpha value is -1.81. The zero-order valence-corrected chi connectivity index (χ0v) is 10.2. The fraction of sp³-hybridized carbons (Fsp3) is 0.267. The van der Waals surface area contributed by atoms with Gasteiger partial charge >= 0.3 is 0 Å². The Balaban J connectivity index is 3.16. The monoisotopic (exact) mass is 212 g/mol. The predicted molar refractivity (Wildman–Crippen MR) is 67.5 cm³/mol. The van der Waals surface area contributed by atoms with Gasteiger partial charge in [0.15, 0.2) is 5.78 Å². The summed E-state index contributed by atoms with van der Waals surface area (Å²) in [5.41, 5.74) is 3.77. The summed E-state index contributed by atoms with van der Waals surface area (Å²) in [6, 6.07) is 5.63. The number of hydrogen-bond acceptors (Lipinski definition) is 1. The van der Waals surface area contributed by atoms with Crippen LogP contribution in [0.1, 0.15) is 42.3 Å². The molecule has 0 aliphatic carbocycles. The molecule has 1 aromatic rings. The lowest BCUT2D eigenvalue weighted by atomic mass is 10.0. The first kappa shape index (κ1) is 12.3. The number of hydrogen-bond donors (Lipinski definition) is 0. The number of rotatable bonds is 1. The lowest BCUT2D eigenvalue weighted by Gasteiger charge is -2.00. The van der Waals surface area contributed by atoms with Crippen LogP contribution in [0.5, 0.6) is 0 Å². The summed E-state index contributed by atoms with van der Waals surface area (Å²) >= 11 is 0. The molecule has 0 amide bonds. The minimum Gasteiger partial charge on any atom is -0.295 e. The van der Waals surface area contributed by atoms with E-state index in [1.165, 1.54) is 0 Å². The molecule has 0 N–H and O–H groups in total. The fourth-order valence-electron chi connectivity index (χ4n) is 1.21. The second-order valence-electron chi connectivity index (χ2n) is 3.81. The summed E-state index contributed by atoms with van der Waals surface area (Å²) in [7, 11) is 0. The Kier molecular flexibility index (Phi) is 4.08. The van der Waals surface area contributed by atoms with Crippen LogP contribution in [0.2, 0.25) is 0 Å². The van der Waals surface area contributed by atoms with Crippen molar-refractivity contribution < 1.29 is 4.79 Å². The van der Waals surface area contributed by atoms with Crippen LogP contribution in [0.15, 0.2) is 29.8 Å². The van der Waals surface area contributed by atoms with Crippen molar-refractivity contribution in [2.24, 2.45) is 0 Å². The molecule has 0 unspecified atom stereocenters. The number of carbonyl (C=O) groups excluding carboxylic acids is 1. The summed E-state index contributed by atoms with van der Waals surface area (Å²) in [5.74, 6) is 6.22. The van der Waals surface area contributed by atoms with Crippen LogP contribution in [0, 0.1) is 18.8 Å². The minimum absolute atomic E-state index is 0.0748. The standard InChI is InChI=1S/C15H16O/c1-5-11(2)6-8-14-10-15(13(4)16)9-7-12(14)3/h5,7,9-10H,1-4H3/b11-5+. The third-order valence-electron chi connectivity index (χ3n) is 2.47. The molecule has 0 radical (unpaired) electrons. The van der Waals surface area contributed by atoms with E-state index in [0.29, 0.717) is 5.56 Å². The van der Waals surface area contributed by atoms with Crippen LogP contribution in [0.4, 0.5) is 0 Å². The van der Waals surface area contributed by atoms with Crippen molar-refractivity contribution in [1.82, 2.24) is 0 Å². The maximum atomic E-state index is 11.2. The molecular formula is C15H16O. The van der Waals surface area contributed by atoms with E-state index >= 15 is 0 Å². The Morgan fingerprint density at radius 1 is 1.31 bits per heavy atom. The van der Waals surface area contributed by atoms with E-state index in [4.69, 9.17) is 0 Å². The molecule has 82 valence electrons. The highest BCUT2D eigenvalue weighted by molar-refractivity contribution is 5.94. The summed E-state index contributed by atoms with van der Waals surface area (Å²) in [6.45, 7) is 7.50. The molecule has 16 heavy (non-hydrogen) atoms. The third kappa shape index (κ3) is 3.10. The van der Waals surface area contributed by atoms with E-state index in [2.05, 4.69) is 11.8 Å². The number of carbonyl (C=O) groups is 1. The molecule has 0 fully saturated rings. The quantitative estimate of drug-likeness (QED) is 0.514. The van der Waals surface area contributed by atoms with Gasteiger partial charge in [-0.1, -0.05) is 30.0 Å². The van der Waals surface area contributed by atoms with Gasteiger partial charge in [-0.2, -0.15) is 0 Å². The van der Waals surface area contributed by atoms with Gasteiger partial charge in [0.25, 0.3) is 0 Å². The fourth-order valence-corrected chi connectivity index (χ4v) is 1.21. The van der Waals surface area contributed by atoms with Crippen LogP contribution in [0.3, 0.4) is 0 Å². The molecule has 0 atom stereocenters. The smallest absolute Gasteiger partial charge is 0.159 e. The van der Waals surface area contributed by atoms with Crippen LogP contribution < -0.4 is 0 Å². The normalized spacial score (nSPS) is 10.6. The molecule has 0 aliphatic heterocycles. The van der Waals surface area contributed by atoms with Crippen molar-refractivity contribution in [3.05, 3.63) is 46.5 Å². The molecule has 0 spiro atoms. The van der Waals surface area contributed by atoms with Gasteiger partial charge in [0.2, 0.25) is 0 Å². The maximum absolute atomic E-state index is 11.2. The number of ketones is 1. The van der Waals surface area contributed by atoms with E-state index in [0.717, 1.165) is 16.7 Å². The number of allylic oxidation sites excluding steroid dienone is 2. The van der Waals surface area contributed by atoms with Gasteiger partial charge in [-0.25, -0.2) is 0 Å². The molecule has 1 heteroatoms. The minimum atomic E-state index is 0.0748. The van der Waals surface area contributed by atoms with Crippen molar-refractivity contribution in [1.29, 1.82) is 0 Å². The summed E-state index contributed by atoms with van der Waals surface area (Å²) in [5, 5.41) is 0. The average molecular weight is 212 g/mol. The zero-order chi connectivity index (χ0) is 12.1. The molecule has 0 bridgehead atoms. The van der Waals surface area contributed by atoms with Gasteiger partial charge in [0.1, 0.15) is 0 Å². The first-order valence-electron chi connectivity index (χ1n) is 5.31. The second kappa shape index (κ2) is 5.32. The Morgan fingerprint density at radius 2 is 2.00 bits per heavy atom. The van der Waals surface area contributed by atoms with E-state index in [1.54, 1.807) is 6.92 Å². The zero-order valence-electron chi connectivity index (χ0n) is 10.2. The average Bonchev–Trinajstić information content (AvgIpc) is 2.27. The van der Waals surface area contributed by atoms with Gasteiger partial charge in [-0.15, -0.1) is 0 Å². The molecule has 0 heterocycles. The van der Waals surface area contributed by atoms with E-state index in [9.17, 15) is 4.79 Å². The Bertz CT molecular complexity index is 496. The van der Waals surface area contributed by atoms with Gasteiger partial charge in [0.05, 0.1) is 0 Å². The number of aryl methyl sites for hydroxylation is 1. The number of benzene rings is 1. The van der Waals surface area contributed by atoms with E-state index < -0.39 is 0 Å². The topological polar surface area (TPSA) is 17.1 Å². The molecule has 1 rings (SSSR count). The van der Waals surface area contributed by atoms with Crippen molar-refractivity contribution in [2.45, 2.75) is 27.7 Å². The van der Waals surface area contributed by atoms with Gasteiger partial charge in [-0.05, 0) is 44.9 Å². The highest BCUT2D eigenvalue weighted by Crippen LogP contribution is 2.10. The maximum Gasteiger partial charge on any atom is 0.159 e. The third-order valence-corrected chi connectivity index (χ3v) is 2.47. The summed E-state index contributed by atoms with van der Waals surface area (Å²) in [4.78, 5) is 11.2. The Labute approximate surface area is 97.2 Å². The van der Waals surface area contributed by atoms with Crippen LogP contribution in [-0.4, -0.2) is 5.78 Å². The van der Waals surface area contributed by atoms with Gasteiger partial charge in [-0.3, -0.25) is 4.79 Å². The molecule has 0 saturated heterocycles.